The maximum absolute atomic E-state index is 12.9. The highest BCUT2D eigenvalue weighted by molar-refractivity contribution is 6.20. The molecule has 1 saturated heterocycles. The van der Waals surface area contributed by atoms with Crippen molar-refractivity contribution in [2.24, 2.45) is 0 Å². The molecule has 222 valence electrons. The molecule has 14 nitrogen and oxygen atoms in total. The van der Waals surface area contributed by atoms with Crippen LogP contribution in [0.3, 0.4) is 0 Å². The van der Waals surface area contributed by atoms with Crippen LogP contribution in [0.2, 0.25) is 0 Å². The minimum atomic E-state index is -1.03. The Bertz CT molecular complexity index is 964. The molecule has 1 atom stereocenters. The van der Waals surface area contributed by atoms with Gasteiger partial charge in [0.05, 0.1) is 78.1 Å². The number of rotatable bonds is 22. The van der Waals surface area contributed by atoms with Gasteiger partial charge in [-0.1, -0.05) is 12.7 Å². The summed E-state index contributed by atoms with van der Waals surface area (Å²) in [6, 6.07) is -1.03. The van der Waals surface area contributed by atoms with Gasteiger partial charge in [0, 0.05) is 24.7 Å². The van der Waals surface area contributed by atoms with Gasteiger partial charge >= 0.3 is 5.97 Å². The van der Waals surface area contributed by atoms with Gasteiger partial charge in [0.2, 0.25) is 11.8 Å². The van der Waals surface area contributed by atoms with E-state index in [1.54, 1.807) is 6.08 Å². The lowest BCUT2D eigenvalue weighted by atomic mass is 10.0. The van der Waals surface area contributed by atoms with Gasteiger partial charge in [-0.3, -0.25) is 34.2 Å². The first kappa shape index (κ1) is 32.8. The topological polar surface area (TPSA) is 179 Å². The van der Waals surface area contributed by atoms with Crippen molar-refractivity contribution in [3.05, 3.63) is 36.1 Å². The summed E-state index contributed by atoms with van der Waals surface area (Å²) in [6.07, 6.45) is 4.29. The third-order valence-corrected chi connectivity index (χ3v) is 5.56. The van der Waals surface area contributed by atoms with Gasteiger partial charge in [-0.05, 0) is 12.5 Å². The zero-order chi connectivity index (χ0) is 29.2. The molecule has 2 aliphatic rings. The van der Waals surface area contributed by atoms with Crippen LogP contribution < -0.4 is 10.6 Å². The number of amides is 4. The van der Waals surface area contributed by atoms with E-state index in [0.717, 1.165) is 11.0 Å². The maximum Gasteiger partial charge on any atom is 0.305 e. The lowest BCUT2D eigenvalue weighted by Gasteiger charge is -2.28. The minimum absolute atomic E-state index is 0.0303. The van der Waals surface area contributed by atoms with Crippen LogP contribution in [0.4, 0.5) is 0 Å². The highest BCUT2D eigenvalue weighted by Gasteiger charge is 2.42. The van der Waals surface area contributed by atoms with Gasteiger partial charge < -0.3 is 34.1 Å². The van der Waals surface area contributed by atoms with Crippen LogP contribution in [0, 0.1) is 0 Å². The molecular weight excluding hydrogens is 530 g/mol. The molecule has 40 heavy (non-hydrogen) atoms. The van der Waals surface area contributed by atoms with E-state index in [2.05, 4.69) is 17.2 Å². The van der Waals surface area contributed by atoms with E-state index in [1.165, 1.54) is 6.08 Å². The van der Waals surface area contributed by atoms with Crippen LogP contribution in [-0.4, -0.2) is 118 Å². The quantitative estimate of drug-likeness (QED) is 0.0853. The summed E-state index contributed by atoms with van der Waals surface area (Å²) in [6.45, 7) is 7.42. The SMILES string of the molecule is C=C/C=C(/NCCOCCOCCOCCOCCOCCC(=O)O)C1=CC(=O)N(C2CCC(=O)NC2=O)C1=O. The number of nitrogens with zero attached hydrogens (tertiary/aromatic N) is 1. The largest absolute Gasteiger partial charge is 0.481 e. The molecule has 3 N–H and O–H groups in total. The fraction of sp³-hybridized carbons (Fsp3) is 0.577. The van der Waals surface area contributed by atoms with E-state index >= 15 is 0 Å². The number of nitrogens with one attached hydrogen (secondary N) is 2. The maximum atomic E-state index is 12.9. The van der Waals surface area contributed by atoms with Crippen LogP contribution in [-0.2, 0) is 47.7 Å². The molecule has 0 aliphatic carbocycles. The Labute approximate surface area is 232 Å². The van der Waals surface area contributed by atoms with E-state index in [0.29, 0.717) is 71.7 Å². The number of carbonyl (C=O) groups excluding carboxylic acids is 4. The first-order chi connectivity index (χ1) is 19.3. The van der Waals surface area contributed by atoms with Gasteiger partial charge in [-0.15, -0.1) is 0 Å². The normalized spacial score (nSPS) is 17.7. The lowest BCUT2D eigenvalue weighted by Crippen LogP contribution is -2.54. The first-order valence-corrected chi connectivity index (χ1v) is 13.0. The summed E-state index contributed by atoms with van der Waals surface area (Å²) in [7, 11) is 0. The molecule has 14 heteroatoms. The zero-order valence-electron chi connectivity index (χ0n) is 22.4. The molecule has 2 heterocycles. The molecule has 0 aromatic carbocycles. The molecule has 0 saturated carbocycles. The molecule has 0 radical (unpaired) electrons. The van der Waals surface area contributed by atoms with Crippen molar-refractivity contribution >= 4 is 29.6 Å². The Kier molecular flexibility index (Phi) is 15.4. The van der Waals surface area contributed by atoms with Crippen molar-refractivity contribution in [3.63, 3.8) is 0 Å². The third kappa shape index (κ3) is 11.8. The van der Waals surface area contributed by atoms with Crippen molar-refractivity contribution in [3.8, 4) is 0 Å². The van der Waals surface area contributed by atoms with Crippen molar-refractivity contribution in [2.45, 2.75) is 25.3 Å². The predicted molar refractivity (Wildman–Crippen MR) is 139 cm³/mol. The highest BCUT2D eigenvalue weighted by atomic mass is 16.6. The fourth-order valence-corrected chi connectivity index (χ4v) is 3.66. The molecule has 0 aromatic rings. The number of aliphatic carboxylic acids is 1. The number of carboxylic acids is 1. The van der Waals surface area contributed by atoms with E-state index in [-0.39, 0.29) is 31.4 Å². The average Bonchev–Trinajstić information content (AvgIpc) is 3.20. The van der Waals surface area contributed by atoms with E-state index in [9.17, 15) is 24.0 Å². The smallest absolute Gasteiger partial charge is 0.305 e. The predicted octanol–water partition coefficient (Wildman–Crippen LogP) is -0.696. The van der Waals surface area contributed by atoms with Crippen LogP contribution in [0.25, 0.3) is 0 Å². The number of imide groups is 2. The van der Waals surface area contributed by atoms with Gasteiger partial charge in [0.15, 0.2) is 0 Å². The number of carboxylic acid groups (broad SMARTS) is 1. The first-order valence-electron chi connectivity index (χ1n) is 13.0. The second kappa shape index (κ2) is 18.8. The molecule has 0 aromatic heterocycles. The van der Waals surface area contributed by atoms with Crippen molar-refractivity contribution in [2.75, 3.05) is 72.6 Å². The van der Waals surface area contributed by atoms with Gasteiger partial charge in [-0.25, -0.2) is 0 Å². The van der Waals surface area contributed by atoms with E-state index in [4.69, 9.17) is 28.8 Å². The fourth-order valence-electron chi connectivity index (χ4n) is 3.66. The molecule has 4 amide bonds. The van der Waals surface area contributed by atoms with Gasteiger partial charge in [0.25, 0.3) is 11.8 Å². The number of piperidine rings is 1. The van der Waals surface area contributed by atoms with Crippen LogP contribution in [0.15, 0.2) is 36.1 Å². The summed E-state index contributed by atoms with van der Waals surface area (Å²) >= 11 is 0. The highest BCUT2D eigenvalue weighted by Crippen LogP contribution is 2.24. The summed E-state index contributed by atoms with van der Waals surface area (Å²) in [5.41, 5.74) is 0.474. The molecule has 0 spiro atoms. The lowest BCUT2D eigenvalue weighted by molar-refractivity contribution is -0.149. The Morgan fingerprint density at radius 2 is 1.50 bits per heavy atom. The number of carbonyl (C=O) groups is 5. The number of hydrogen-bond acceptors (Lipinski definition) is 11. The van der Waals surface area contributed by atoms with E-state index < -0.39 is 35.6 Å². The molecule has 2 rings (SSSR count). The van der Waals surface area contributed by atoms with Crippen LogP contribution in [0.1, 0.15) is 19.3 Å². The minimum Gasteiger partial charge on any atom is -0.481 e. The standard InChI is InChI=1S/C26H37N3O11/c1-2-3-20(19-18-23(31)29(26(19)35)21-4-5-22(30)28-25(21)34)27-7-9-37-11-13-39-15-17-40-16-14-38-12-10-36-8-6-24(32)33/h2-3,18,21,27H,1,4-17H2,(H,32,33)(H,28,30,34)/b20-3+. The number of ether oxygens (including phenoxy) is 5. The van der Waals surface area contributed by atoms with Crippen molar-refractivity contribution < 1.29 is 52.8 Å². The Morgan fingerprint density at radius 3 is 2.02 bits per heavy atom. The van der Waals surface area contributed by atoms with Gasteiger partial charge in [-0.2, -0.15) is 0 Å². The second-order valence-electron chi connectivity index (χ2n) is 8.49. The Morgan fingerprint density at radius 1 is 0.950 bits per heavy atom. The van der Waals surface area contributed by atoms with Crippen LogP contribution >= 0.6 is 0 Å². The van der Waals surface area contributed by atoms with Gasteiger partial charge in [0.1, 0.15) is 6.04 Å². The summed E-state index contributed by atoms with van der Waals surface area (Å²) in [5, 5.41) is 13.7. The third-order valence-electron chi connectivity index (χ3n) is 5.56. The summed E-state index contributed by atoms with van der Waals surface area (Å²) in [4.78, 5) is 60.2. The van der Waals surface area contributed by atoms with E-state index in [1.807, 2.05) is 0 Å². The second-order valence-corrected chi connectivity index (χ2v) is 8.49. The van der Waals surface area contributed by atoms with Crippen molar-refractivity contribution in [1.82, 2.24) is 15.5 Å². The molecule has 1 fully saturated rings. The van der Waals surface area contributed by atoms with Crippen LogP contribution in [0.5, 0.6) is 0 Å². The Hall–Kier alpha value is -3.43. The molecule has 0 bridgehead atoms. The monoisotopic (exact) mass is 567 g/mol. The summed E-state index contributed by atoms with van der Waals surface area (Å²) < 4.78 is 26.7. The summed E-state index contributed by atoms with van der Waals surface area (Å²) in [5.74, 6) is -3.23. The molecule has 1 unspecified atom stereocenters. The average molecular weight is 568 g/mol. The number of allylic oxidation sites excluding steroid dienone is 2. The number of hydrogen-bond donors (Lipinski definition) is 3. The molecule has 2 aliphatic heterocycles. The van der Waals surface area contributed by atoms with Crippen molar-refractivity contribution in [1.29, 1.82) is 0 Å². The Balaban J connectivity index is 1.52. The zero-order valence-corrected chi connectivity index (χ0v) is 22.4. The molecular formula is C26H37N3O11.